The standard InChI is InChI=1S/C19H21N3O4S2/c1-12(2)26-18-6-5-16(28(20,24)25)7-14(18)8-19-22-17(11-27-19)13-3-4-15(10-23)21-9-13/h3-7,9,11-12,23H,8,10H2,1-2H3,(H2,20,24,25). The molecule has 1 aromatic carbocycles. The molecule has 0 amide bonds. The molecule has 3 aromatic rings. The number of hydrogen-bond donors (Lipinski definition) is 2. The molecule has 0 spiro atoms. The molecular weight excluding hydrogens is 398 g/mol. The quantitative estimate of drug-likeness (QED) is 0.608. The molecule has 3 N–H and O–H groups in total. The monoisotopic (exact) mass is 419 g/mol. The summed E-state index contributed by atoms with van der Waals surface area (Å²) in [6, 6.07) is 8.20. The van der Waals surface area contributed by atoms with Crippen LogP contribution in [-0.4, -0.2) is 29.6 Å². The maximum Gasteiger partial charge on any atom is 0.238 e. The average Bonchev–Trinajstić information content (AvgIpc) is 3.10. The number of nitrogens with two attached hydrogens (primary N) is 1. The Hall–Kier alpha value is -2.33. The number of aliphatic hydroxyl groups excluding tert-OH is 1. The van der Waals surface area contributed by atoms with Crippen LogP contribution in [0.2, 0.25) is 0 Å². The number of sulfonamides is 1. The van der Waals surface area contributed by atoms with E-state index < -0.39 is 10.0 Å². The van der Waals surface area contributed by atoms with E-state index in [2.05, 4.69) is 9.97 Å². The number of aromatic nitrogens is 2. The van der Waals surface area contributed by atoms with Crippen LogP contribution < -0.4 is 9.88 Å². The summed E-state index contributed by atoms with van der Waals surface area (Å²) in [7, 11) is -3.81. The van der Waals surface area contributed by atoms with Crippen molar-refractivity contribution in [2.45, 2.75) is 37.9 Å². The first-order chi connectivity index (χ1) is 13.3. The Labute approximate surface area is 167 Å². The van der Waals surface area contributed by atoms with Crippen LogP contribution in [0.25, 0.3) is 11.3 Å². The SMILES string of the molecule is CC(C)Oc1ccc(S(N)(=O)=O)cc1Cc1nc(-c2ccc(CO)nc2)cs1. The minimum atomic E-state index is -3.81. The van der Waals surface area contributed by atoms with Gasteiger partial charge in [-0.05, 0) is 44.2 Å². The van der Waals surface area contributed by atoms with Gasteiger partial charge in [-0.3, -0.25) is 4.98 Å². The molecule has 0 atom stereocenters. The summed E-state index contributed by atoms with van der Waals surface area (Å²) in [4.78, 5) is 8.83. The Balaban J connectivity index is 1.90. The molecular formula is C19H21N3O4S2. The molecule has 2 heterocycles. The van der Waals surface area contributed by atoms with E-state index in [9.17, 15) is 8.42 Å². The number of pyridine rings is 1. The molecule has 0 saturated heterocycles. The summed E-state index contributed by atoms with van der Waals surface area (Å²) >= 11 is 1.47. The van der Waals surface area contributed by atoms with Crippen molar-refractivity contribution in [1.29, 1.82) is 0 Å². The third-order valence-corrected chi connectivity index (χ3v) is 5.66. The fourth-order valence-electron chi connectivity index (χ4n) is 2.60. The van der Waals surface area contributed by atoms with Crippen molar-refractivity contribution < 1.29 is 18.3 Å². The Kier molecular flexibility index (Phi) is 6.09. The van der Waals surface area contributed by atoms with Crippen LogP contribution >= 0.6 is 11.3 Å². The molecule has 0 aliphatic heterocycles. The summed E-state index contributed by atoms with van der Waals surface area (Å²) in [6.07, 6.45) is 2.03. The van der Waals surface area contributed by atoms with E-state index in [0.717, 1.165) is 16.3 Å². The number of thiazole rings is 1. The van der Waals surface area contributed by atoms with Gasteiger partial charge in [-0.15, -0.1) is 11.3 Å². The van der Waals surface area contributed by atoms with Gasteiger partial charge in [0.25, 0.3) is 0 Å². The summed E-state index contributed by atoms with van der Waals surface area (Å²) in [5.74, 6) is 0.605. The van der Waals surface area contributed by atoms with E-state index >= 15 is 0 Å². The van der Waals surface area contributed by atoms with Crippen molar-refractivity contribution >= 4 is 21.4 Å². The Morgan fingerprint density at radius 2 is 2.04 bits per heavy atom. The van der Waals surface area contributed by atoms with E-state index in [0.29, 0.717) is 23.4 Å². The number of benzene rings is 1. The van der Waals surface area contributed by atoms with Gasteiger partial charge in [0.2, 0.25) is 10.0 Å². The third-order valence-electron chi connectivity index (χ3n) is 3.90. The molecule has 0 unspecified atom stereocenters. The van der Waals surface area contributed by atoms with Crippen LogP contribution in [0.4, 0.5) is 0 Å². The zero-order valence-corrected chi connectivity index (χ0v) is 17.1. The second-order valence-electron chi connectivity index (χ2n) is 6.48. The Morgan fingerprint density at radius 1 is 1.25 bits per heavy atom. The maximum absolute atomic E-state index is 11.7. The highest BCUT2D eigenvalue weighted by Gasteiger charge is 2.15. The van der Waals surface area contributed by atoms with Gasteiger partial charge in [0.05, 0.1) is 34.0 Å². The van der Waals surface area contributed by atoms with Crippen LogP contribution in [0, 0.1) is 0 Å². The summed E-state index contributed by atoms with van der Waals surface area (Å²) in [5.41, 5.74) is 2.91. The van der Waals surface area contributed by atoms with Gasteiger partial charge >= 0.3 is 0 Å². The lowest BCUT2D eigenvalue weighted by atomic mass is 10.1. The maximum atomic E-state index is 11.7. The average molecular weight is 420 g/mol. The molecule has 0 aliphatic rings. The minimum Gasteiger partial charge on any atom is -0.491 e. The zero-order valence-electron chi connectivity index (χ0n) is 15.5. The molecule has 0 radical (unpaired) electrons. The number of nitrogens with zero attached hydrogens (tertiary/aromatic N) is 2. The molecule has 0 fully saturated rings. The summed E-state index contributed by atoms with van der Waals surface area (Å²) in [5, 5.41) is 17.1. The number of primary sulfonamides is 1. The largest absolute Gasteiger partial charge is 0.491 e. The van der Waals surface area contributed by atoms with Gasteiger partial charge in [0.1, 0.15) is 5.75 Å². The molecule has 28 heavy (non-hydrogen) atoms. The molecule has 2 aromatic heterocycles. The minimum absolute atomic E-state index is 0.0409. The van der Waals surface area contributed by atoms with Gasteiger partial charge < -0.3 is 9.84 Å². The van der Waals surface area contributed by atoms with Crippen molar-refractivity contribution in [2.75, 3.05) is 0 Å². The van der Waals surface area contributed by atoms with E-state index in [1.807, 2.05) is 25.3 Å². The lowest BCUT2D eigenvalue weighted by Crippen LogP contribution is -2.13. The molecule has 0 saturated carbocycles. The number of aliphatic hydroxyl groups is 1. The normalized spacial score (nSPS) is 11.8. The molecule has 9 heteroatoms. The van der Waals surface area contributed by atoms with Crippen LogP contribution in [0.15, 0.2) is 46.8 Å². The molecule has 0 aliphatic carbocycles. The second-order valence-corrected chi connectivity index (χ2v) is 8.98. The van der Waals surface area contributed by atoms with Gasteiger partial charge in [0, 0.05) is 29.1 Å². The molecule has 148 valence electrons. The van der Waals surface area contributed by atoms with Gasteiger partial charge in [-0.2, -0.15) is 0 Å². The van der Waals surface area contributed by atoms with Crippen molar-refractivity contribution in [3.63, 3.8) is 0 Å². The van der Waals surface area contributed by atoms with Crippen LogP contribution in [-0.2, 0) is 23.1 Å². The lowest BCUT2D eigenvalue weighted by Gasteiger charge is -2.14. The summed E-state index contributed by atoms with van der Waals surface area (Å²) < 4.78 is 29.2. The van der Waals surface area contributed by atoms with E-state index in [4.69, 9.17) is 15.0 Å². The fourth-order valence-corrected chi connectivity index (χ4v) is 3.99. The molecule has 7 nitrogen and oxygen atoms in total. The van der Waals surface area contributed by atoms with E-state index in [1.165, 1.54) is 23.5 Å². The molecule has 0 bridgehead atoms. The topological polar surface area (TPSA) is 115 Å². The highest BCUT2D eigenvalue weighted by Crippen LogP contribution is 2.29. The first-order valence-corrected chi connectivity index (χ1v) is 11.0. The first-order valence-electron chi connectivity index (χ1n) is 8.59. The van der Waals surface area contributed by atoms with Crippen LogP contribution in [0.1, 0.15) is 30.1 Å². The van der Waals surface area contributed by atoms with E-state index in [1.54, 1.807) is 18.3 Å². The smallest absolute Gasteiger partial charge is 0.238 e. The van der Waals surface area contributed by atoms with Crippen molar-refractivity contribution in [3.05, 3.63) is 58.2 Å². The predicted molar refractivity (Wildman–Crippen MR) is 108 cm³/mol. The Morgan fingerprint density at radius 3 is 2.64 bits per heavy atom. The predicted octanol–water partition coefficient (Wildman–Crippen LogP) is 2.72. The Bertz CT molecular complexity index is 1060. The first kappa shape index (κ1) is 20.4. The third kappa shape index (κ3) is 4.93. The van der Waals surface area contributed by atoms with Gasteiger partial charge in [0.15, 0.2) is 0 Å². The van der Waals surface area contributed by atoms with Crippen molar-refractivity contribution in [3.8, 4) is 17.0 Å². The molecule has 3 rings (SSSR count). The van der Waals surface area contributed by atoms with Crippen LogP contribution in [0.3, 0.4) is 0 Å². The highest BCUT2D eigenvalue weighted by atomic mass is 32.2. The number of ether oxygens (including phenoxy) is 1. The number of rotatable bonds is 7. The second kappa shape index (κ2) is 8.36. The summed E-state index contributed by atoms with van der Waals surface area (Å²) in [6.45, 7) is 3.70. The zero-order chi connectivity index (χ0) is 20.3. The highest BCUT2D eigenvalue weighted by molar-refractivity contribution is 7.89. The lowest BCUT2D eigenvalue weighted by molar-refractivity contribution is 0.240. The fraction of sp³-hybridized carbons (Fsp3) is 0.263. The van der Waals surface area contributed by atoms with Crippen molar-refractivity contribution in [2.24, 2.45) is 5.14 Å². The van der Waals surface area contributed by atoms with Crippen molar-refractivity contribution in [1.82, 2.24) is 9.97 Å². The van der Waals surface area contributed by atoms with Gasteiger partial charge in [-0.25, -0.2) is 18.5 Å². The van der Waals surface area contributed by atoms with Crippen LogP contribution in [0.5, 0.6) is 5.75 Å². The number of hydrogen-bond acceptors (Lipinski definition) is 7. The van der Waals surface area contributed by atoms with Gasteiger partial charge in [-0.1, -0.05) is 0 Å². The van der Waals surface area contributed by atoms with E-state index in [-0.39, 0.29) is 17.6 Å².